The van der Waals surface area contributed by atoms with Gasteiger partial charge in [0, 0.05) is 25.4 Å². The van der Waals surface area contributed by atoms with Crippen molar-refractivity contribution in [3.05, 3.63) is 71.5 Å². The fourth-order valence-electron chi connectivity index (χ4n) is 1.73. The Balaban J connectivity index is 2.79. The average molecular weight is 292 g/mol. The Morgan fingerprint density at radius 3 is 2.29 bits per heavy atom. The van der Waals surface area contributed by atoms with Gasteiger partial charge in [0.1, 0.15) is 5.69 Å². The molecule has 0 N–H and O–H groups in total. The van der Waals surface area contributed by atoms with Gasteiger partial charge in [-0.1, -0.05) is 0 Å². The minimum atomic E-state index is -0.833. The van der Waals surface area contributed by atoms with Crippen LogP contribution < -0.4 is 11.2 Å². The molecule has 0 aliphatic rings. The maximum absolute atomic E-state index is 12.0. The zero-order valence-electron chi connectivity index (χ0n) is 10.6. The zero-order valence-corrected chi connectivity index (χ0v) is 10.6. The van der Waals surface area contributed by atoms with Crippen molar-refractivity contribution in [3.8, 4) is 5.69 Å². The van der Waals surface area contributed by atoms with E-state index in [4.69, 9.17) is 0 Å². The van der Waals surface area contributed by atoms with Crippen LogP contribution in [0.15, 0.2) is 40.1 Å². The third kappa shape index (κ3) is 2.41. The summed E-state index contributed by atoms with van der Waals surface area (Å²) in [5.41, 5.74) is -2.60. The molecule has 0 fully saturated rings. The number of hydrogen-bond donors (Lipinski definition) is 0. The van der Waals surface area contributed by atoms with Crippen molar-refractivity contribution in [2.45, 2.75) is 0 Å². The second-order valence-corrected chi connectivity index (χ2v) is 4.05. The highest BCUT2D eigenvalue weighted by molar-refractivity contribution is 5.57. The zero-order chi connectivity index (χ0) is 15.7. The van der Waals surface area contributed by atoms with E-state index in [9.17, 15) is 29.8 Å². The lowest BCUT2D eigenvalue weighted by Crippen LogP contribution is -2.36. The highest BCUT2D eigenvalue weighted by Crippen LogP contribution is 2.26. The predicted molar refractivity (Wildman–Crippen MR) is 70.6 cm³/mol. The van der Waals surface area contributed by atoms with Crippen molar-refractivity contribution in [3.63, 3.8) is 0 Å². The molecule has 0 bridgehead atoms. The fourth-order valence-corrected chi connectivity index (χ4v) is 1.73. The summed E-state index contributed by atoms with van der Waals surface area (Å²) in [6.07, 6.45) is 1.08. The first-order valence-electron chi connectivity index (χ1n) is 5.55. The molecule has 0 radical (unpaired) electrons. The van der Waals surface area contributed by atoms with Gasteiger partial charge in [-0.15, -0.1) is 0 Å². The van der Waals surface area contributed by atoms with E-state index in [1.54, 1.807) is 0 Å². The Morgan fingerprint density at radius 2 is 1.71 bits per heavy atom. The molecule has 2 aromatic rings. The number of hydrogen-bond acceptors (Lipinski definition) is 6. The second kappa shape index (κ2) is 5.00. The van der Waals surface area contributed by atoms with Crippen LogP contribution in [-0.2, 0) is 7.05 Å². The number of nitrogens with zero attached hydrogens (tertiary/aromatic N) is 4. The number of nitro groups is 2. The molecule has 0 unspecified atom stereocenters. The summed E-state index contributed by atoms with van der Waals surface area (Å²) in [5, 5.41) is 21.7. The highest BCUT2D eigenvalue weighted by atomic mass is 16.6. The largest absolute Gasteiger partial charge is 0.335 e. The molecule has 10 nitrogen and oxygen atoms in total. The maximum atomic E-state index is 12.0. The van der Waals surface area contributed by atoms with Crippen LogP contribution >= 0.6 is 0 Å². The number of aromatic nitrogens is 2. The van der Waals surface area contributed by atoms with E-state index in [0.29, 0.717) is 0 Å². The molecule has 0 spiro atoms. The van der Waals surface area contributed by atoms with Crippen LogP contribution in [0.3, 0.4) is 0 Å². The van der Waals surface area contributed by atoms with Crippen LogP contribution in [0.2, 0.25) is 0 Å². The predicted octanol–water partition coefficient (Wildman–Crippen LogP) is 0.353. The fraction of sp³-hybridized carbons (Fsp3) is 0.0909. The quantitative estimate of drug-likeness (QED) is 0.592. The SMILES string of the molecule is Cn1c(=O)ccn(-c2ccc([N+](=O)[O-])cc2[N+](=O)[O-])c1=O. The van der Waals surface area contributed by atoms with E-state index in [1.165, 1.54) is 7.05 Å². The Bertz CT molecular complexity index is 866. The molecular weight excluding hydrogens is 284 g/mol. The van der Waals surface area contributed by atoms with Crippen molar-refractivity contribution in [2.24, 2.45) is 7.05 Å². The summed E-state index contributed by atoms with van der Waals surface area (Å²) in [4.78, 5) is 43.3. The van der Waals surface area contributed by atoms with Crippen LogP contribution in [0.5, 0.6) is 0 Å². The molecule has 2 rings (SSSR count). The van der Waals surface area contributed by atoms with Gasteiger partial charge in [0.05, 0.1) is 15.9 Å². The average Bonchev–Trinajstić information content (AvgIpc) is 2.44. The van der Waals surface area contributed by atoms with Gasteiger partial charge in [0.15, 0.2) is 0 Å². The molecule has 0 saturated heterocycles. The Labute approximate surface area is 115 Å². The monoisotopic (exact) mass is 292 g/mol. The van der Waals surface area contributed by atoms with Crippen LogP contribution in [0.4, 0.5) is 11.4 Å². The van der Waals surface area contributed by atoms with Crippen molar-refractivity contribution < 1.29 is 9.85 Å². The summed E-state index contributed by atoms with van der Waals surface area (Å²) < 4.78 is 1.65. The van der Waals surface area contributed by atoms with E-state index in [0.717, 1.165) is 39.6 Å². The lowest BCUT2D eigenvalue weighted by molar-refractivity contribution is -0.394. The second-order valence-electron chi connectivity index (χ2n) is 4.05. The molecular formula is C11H8N4O6. The van der Waals surface area contributed by atoms with Gasteiger partial charge in [0.25, 0.3) is 16.9 Å². The van der Waals surface area contributed by atoms with E-state index in [2.05, 4.69) is 0 Å². The molecule has 21 heavy (non-hydrogen) atoms. The van der Waals surface area contributed by atoms with Crippen molar-refractivity contribution in [2.75, 3.05) is 0 Å². The third-order valence-electron chi connectivity index (χ3n) is 2.82. The number of non-ortho nitro benzene ring substituents is 1. The van der Waals surface area contributed by atoms with Crippen LogP contribution in [0, 0.1) is 20.2 Å². The van der Waals surface area contributed by atoms with Gasteiger partial charge < -0.3 is 0 Å². The lowest BCUT2D eigenvalue weighted by Gasteiger charge is -2.07. The van der Waals surface area contributed by atoms with Crippen LogP contribution in [-0.4, -0.2) is 19.0 Å². The topological polar surface area (TPSA) is 130 Å². The highest BCUT2D eigenvalue weighted by Gasteiger charge is 2.21. The van der Waals surface area contributed by atoms with E-state index < -0.39 is 32.5 Å². The molecule has 0 atom stereocenters. The third-order valence-corrected chi connectivity index (χ3v) is 2.82. The van der Waals surface area contributed by atoms with E-state index >= 15 is 0 Å². The molecule has 0 saturated carbocycles. The number of rotatable bonds is 3. The summed E-state index contributed by atoms with van der Waals surface area (Å²) in [6, 6.07) is 3.95. The number of nitro benzene ring substituents is 2. The smallest absolute Gasteiger partial charge is 0.269 e. The van der Waals surface area contributed by atoms with Crippen molar-refractivity contribution in [1.29, 1.82) is 0 Å². The minimum Gasteiger partial charge on any atom is -0.269 e. The Morgan fingerprint density at radius 1 is 1.05 bits per heavy atom. The van der Waals surface area contributed by atoms with Gasteiger partial charge in [-0.25, -0.2) is 4.79 Å². The van der Waals surface area contributed by atoms with E-state index in [1.807, 2.05) is 0 Å². The normalized spacial score (nSPS) is 10.3. The first-order valence-corrected chi connectivity index (χ1v) is 5.55. The Kier molecular flexibility index (Phi) is 3.36. The first-order chi connectivity index (χ1) is 9.82. The molecule has 1 heterocycles. The van der Waals surface area contributed by atoms with Gasteiger partial charge in [-0.3, -0.25) is 34.2 Å². The van der Waals surface area contributed by atoms with Crippen LogP contribution in [0.1, 0.15) is 0 Å². The standard InChI is InChI=1S/C11H8N4O6/c1-12-10(16)4-5-13(11(12)17)8-3-2-7(14(18)19)6-9(8)15(20)21/h2-6H,1H3. The van der Waals surface area contributed by atoms with Gasteiger partial charge in [0.2, 0.25) is 0 Å². The summed E-state index contributed by atoms with van der Waals surface area (Å²) >= 11 is 0. The summed E-state index contributed by atoms with van der Waals surface area (Å²) in [7, 11) is 1.22. The molecule has 108 valence electrons. The first kappa shape index (κ1) is 14.1. The Hall–Kier alpha value is -3.30. The molecule has 0 amide bonds. The van der Waals surface area contributed by atoms with Gasteiger partial charge in [-0.05, 0) is 6.07 Å². The van der Waals surface area contributed by atoms with Gasteiger partial charge >= 0.3 is 5.69 Å². The molecule has 0 aliphatic carbocycles. The summed E-state index contributed by atoms with van der Waals surface area (Å²) in [6.45, 7) is 0. The maximum Gasteiger partial charge on any atom is 0.335 e. The lowest BCUT2D eigenvalue weighted by atomic mass is 10.2. The molecule has 10 heteroatoms. The summed E-state index contributed by atoms with van der Waals surface area (Å²) in [5.74, 6) is 0. The van der Waals surface area contributed by atoms with E-state index in [-0.39, 0.29) is 5.69 Å². The van der Waals surface area contributed by atoms with Crippen molar-refractivity contribution >= 4 is 11.4 Å². The van der Waals surface area contributed by atoms with Gasteiger partial charge in [-0.2, -0.15) is 0 Å². The minimum absolute atomic E-state index is 0.161. The number of benzene rings is 1. The molecule has 1 aromatic carbocycles. The molecule has 0 aliphatic heterocycles. The molecule has 1 aromatic heterocycles. The van der Waals surface area contributed by atoms with Crippen molar-refractivity contribution in [1.82, 2.24) is 9.13 Å². The van der Waals surface area contributed by atoms with Crippen LogP contribution in [0.25, 0.3) is 5.69 Å².